The fourth-order valence-electron chi connectivity index (χ4n) is 2.59. The zero-order chi connectivity index (χ0) is 20.5. The minimum absolute atomic E-state index is 0.125. The van der Waals surface area contributed by atoms with Gasteiger partial charge >= 0.3 is 0 Å². The van der Waals surface area contributed by atoms with E-state index < -0.39 is 33.7 Å². The van der Waals surface area contributed by atoms with E-state index in [1.54, 1.807) is 18.2 Å². The normalized spacial score (nSPS) is 16.3. The van der Waals surface area contributed by atoms with E-state index in [-0.39, 0.29) is 11.3 Å². The highest BCUT2D eigenvalue weighted by Crippen LogP contribution is 2.31. The molecule has 8 heteroatoms. The Morgan fingerprint density at radius 1 is 1.21 bits per heavy atom. The Morgan fingerprint density at radius 3 is 2.64 bits per heavy atom. The molecule has 5 nitrogen and oxygen atoms in total. The average molecular weight is 406 g/mol. The van der Waals surface area contributed by atoms with Crippen LogP contribution in [-0.4, -0.2) is 27.5 Å². The fourth-order valence-corrected chi connectivity index (χ4v) is 3.25. The summed E-state index contributed by atoms with van der Waals surface area (Å²) in [5.74, 6) is -2.24. The summed E-state index contributed by atoms with van der Waals surface area (Å²) < 4.78 is 48.4. The van der Waals surface area contributed by atoms with E-state index in [0.717, 1.165) is 12.1 Å². The van der Waals surface area contributed by atoms with Gasteiger partial charge in [0.05, 0.1) is 12.2 Å². The lowest BCUT2D eigenvalue weighted by Crippen LogP contribution is -2.28. The second-order valence-electron chi connectivity index (χ2n) is 7.26. The first-order valence-corrected chi connectivity index (χ1v) is 9.79. The molecular weight excluding hydrogens is 386 g/mol. The summed E-state index contributed by atoms with van der Waals surface area (Å²) in [4.78, 5) is 12.7. The van der Waals surface area contributed by atoms with Gasteiger partial charge < -0.3 is 14.6 Å². The predicted octanol–water partition coefficient (Wildman–Crippen LogP) is 4.25. The fraction of sp³-hybridized carbons (Fsp3) is 0.300. The zero-order valence-electron chi connectivity index (χ0n) is 15.7. The number of hydrogen-bond donors (Lipinski definition) is 1. The van der Waals surface area contributed by atoms with Crippen LogP contribution >= 0.6 is 0 Å². The topological polar surface area (TPSA) is 73.8 Å². The Labute approximate surface area is 165 Å². The third-order valence-electron chi connectivity index (χ3n) is 4.05. The molecule has 0 aromatic heterocycles. The van der Waals surface area contributed by atoms with Crippen molar-refractivity contribution < 1.29 is 22.9 Å². The molecule has 1 aliphatic rings. The molecule has 0 radical (unpaired) electrons. The Morgan fingerprint density at radius 2 is 1.96 bits per heavy atom. The third-order valence-corrected chi connectivity index (χ3v) is 5.48. The number of amides is 1. The van der Waals surface area contributed by atoms with Crippen LogP contribution in [0.3, 0.4) is 0 Å². The van der Waals surface area contributed by atoms with Crippen LogP contribution in [0, 0.1) is 11.6 Å². The van der Waals surface area contributed by atoms with Crippen molar-refractivity contribution in [2.45, 2.75) is 31.9 Å². The van der Waals surface area contributed by atoms with Crippen molar-refractivity contribution in [3.05, 3.63) is 59.2 Å². The van der Waals surface area contributed by atoms with Crippen LogP contribution in [0.4, 0.5) is 14.5 Å². The summed E-state index contributed by atoms with van der Waals surface area (Å²) in [5.41, 5.74) is 1.56. The van der Waals surface area contributed by atoms with E-state index in [2.05, 4.69) is 9.71 Å². The van der Waals surface area contributed by atoms with Crippen LogP contribution < -0.4 is 10.1 Å². The molecule has 1 amide bonds. The van der Waals surface area contributed by atoms with Gasteiger partial charge in [0, 0.05) is 23.7 Å². The highest BCUT2D eigenvalue weighted by Gasteiger charge is 2.30. The molecule has 1 unspecified atom stereocenters. The zero-order valence-corrected chi connectivity index (χ0v) is 16.5. The predicted molar refractivity (Wildman–Crippen MR) is 105 cm³/mol. The molecule has 0 fully saturated rings. The van der Waals surface area contributed by atoms with Crippen LogP contribution in [-0.2, 0) is 11.4 Å². The van der Waals surface area contributed by atoms with Crippen LogP contribution in [0.2, 0.25) is 0 Å². The maximum Gasteiger partial charge on any atom is 0.259 e. The Balaban J connectivity index is 1.92. The van der Waals surface area contributed by atoms with Gasteiger partial charge in [0.1, 0.15) is 27.6 Å². The molecule has 1 aliphatic heterocycles. The van der Waals surface area contributed by atoms with Crippen LogP contribution in [0.5, 0.6) is 5.75 Å². The maximum atomic E-state index is 13.4. The summed E-state index contributed by atoms with van der Waals surface area (Å²) in [6.07, 6.45) is 0.475. The van der Waals surface area contributed by atoms with E-state index >= 15 is 0 Å². The average Bonchev–Trinajstić information content (AvgIpc) is 2.63. The molecule has 2 aromatic rings. The lowest BCUT2D eigenvalue weighted by atomic mass is 10.00. The summed E-state index contributed by atoms with van der Waals surface area (Å²) in [6, 6.07) is 8.10. The van der Waals surface area contributed by atoms with E-state index in [1.165, 1.54) is 6.07 Å². The number of para-hydroxylation sites is 1. The Hall–Kier alpha value is -2.45. The quantitative estimate of drug-likeness (QED) is 0.775. The smallest absolute Gasteiger partial charge is 0.259 e. The molecular formula is C20H20F2N2O3S. The van der Waals surface area contributed by atoms with Crippen molar-refractivity contribution >= 4 is 28.7 Å². The van der Waals surface area contributed by atoms with Gasteiger partial charge in [-0.3, -0.25) is 4.79 Å². The summed E-state index contributed by atoms with van der Waals surface area (Å²) in [7, 11) is 0. The SMILES string of the molecule is CC(C)(C)[S+]([O-])/N=C1\CCOc2c(C(=O)Nc3ccc(F)c(F)c3)cccc21. The minimum atomic E-state index is -1.44. The molecule has 0 saturated heterocycles. The Bertz CT molecular complexity index is 942. The van der Waals surface area contributed by atoms with Crippen molar-refractivity contribution in [3.8, 4) is 5.75 Å². The minimum Gasteiger partial charge on any atom is -0.591 e. The number of carbonyl (C=O) groups excluding carboxylic acids is 1. The highest BCUT2D eigenvalue weighted by molar-refractivity contribution is 7.91. The second-order valence-corrected chi connectivity index (χ2v) is 9.17. The molecule has 148 valence electrons. The van der Waals surface area contributed by atoms with E-state index in [9.17, 15) is 18.1 Å². The first-order chi connectivity index (χ1) is 13.2. The number of halogens is 2. The molecule has 1 N–H and O–H groups in total. The number of anilines is 1. The Kier molecular flexibility index (Phi) is 5.71. The second kappa shape index (κ2) is 7.89. The molecule has 2 aromatic carbocycles. The van der Waals surface area contributed by atoms with Crippen molar-refractivity contribution in [1.82, 2.24) is 0 Å². The van der Waals surface area contributed by atoms with Gasteiger partial charge in [-0.1, -0.05) is 10.5 Å². The molecule has 0 spiro atoms. The molecule has 0 bridgehead atoms. The molecule has 0 aliphatic carbocycles. The van der Waals surface area contributed by atoms with Crippen molar-refractivity contribution in [3.63, 3.8) is 0 Å². The molecule has 3 rings (SSSR count). The van der Waals surface area contributed by atoms with Gasteiger partial charge in [-0.25, -0.2) is 8.78 Å². The van der Waals surface area contributed by atoms with E-state index in [0.29, 0.717) is 30.1 Å². The monoisotopic (exact) mass is 406 g/mol. The number of nitrogens with one attached hydrogen (secondary N) is 1. The summed E-state index contributed by atoms with van der Waals surface area (Å²) >= 11 is -1.44. The van der Waals surface area contributed by atoms with Crippen molar-refractivity contribution in [1.29, 1.82) is 0 Å². The van der Waals surface area contributed by atoms with Gasteiger partial charge in [0.2, 0.25) is 0 Å². The summed E-state index contributed by atoms with van der Waals surface area (Å²) in [6.45, 7) is 5.79. The number of fused-ring (bicyclic) bond motifs is 1. The number of rotatable bonds is 3. The van der Waals surface area contributed by atoms with Gasteiger partial charge in [0.15, 0.2) is 11.6 Å². The summed E-state index contributed by atoms with van der Waals surface area (Å²) in [5, 5.41) is 2.53. The van der Waals surface area contributed by atoms with Gasteiger partial charge in [-0.15, -0.1) is 0 Å². The van der Waals surface area contributed by atoms with Crippen molar-refractivity contribution in [2.24, 2.45) is 4.40 Å². The molecule has 1 atom stereocenters. The number of hydrogen-bond acceptors (Lipinski definition) is 4. The number of benzene rings is 2. The van der Waals surface area contributed by atoms with Crippen LogP contribution in [0.1, 0.15) is 43.1 Å². The molecule has 0 saturated carbocycles. The van der Waals surface area contributed by atoms with E-state index in [4.69, 9.17) is 4.74 Å². The largest absolute Gasteiger partial charge is 0.591 e. The highest BCUT2D eigenvalue weighted by atomic mass is 32.2. The van der Waals surface area contributed by atoms with E-state index in [1.807, 2.05) is 20.8 Å². The first kappa shape index (κ1) is 20.3. The molecule has 28 heavy (non-hydrogen) atoms. The number of carbonyl (C=O) groups is 1. The lowest BCUT2D eigenvalue weighted by Gasteiger charge is -2.23. The maximum absolute atomic E-state index is 13.4. The van der Waals surface area contributed by atoms with Crippen LogP contribution in [0.15, 0.2) is 40.8 Å². The van der Waals surface area contributed by atoms with Gasteiger partial charge in [-0.05, 0) is 45.0 Å². The lowest BCUT2D eigenvalue weighted by molar-refractivity contribution is 0.102. The number of ether oxygens (including phenoxy) is 1. The molecule has 1 heterocycles. The van der Waals surface area contributed by atoms with Crippen molar-refractivity contribution in [2.75, 3.05) is 11.9 Å². The first-order valence-electron chi connectivity index (χ1n) is 8.69. The third kappa shape index (κ3) is 4.34. The standard InChI is InChI=1S/C20H20F2N2O3S/c1-20(2,3)28(26)24-17-9-10-27-18-13(17)5-4-6-14(18)19(25)23-12-7-8-15(21)16(22)11-12/h4-8,11H,9-10H2,1-3H3,(H,23,25)/b24-17+. The number of nitrogens with zero attached hydrogens (tertiary/aromatic N) is 1. The van der Waals surface area contributed by atoms with Gasteiger partial charge in [0.25, 0.3) is 5.91 Å². The van der Waals surface area contributed by atoms with Gasteiger partial charge in [-0.2, -0.15) is 0 Å². The van der Waals surface area contributed by atoms with Crippen LogP contribution in [0.25, 0.3) is 0 Å².